The summed E-state index contributed by atoms with van der Waals surface area (Å²) in [6, 6.07) is 7.40. The van der Waals surface area contributed by atoms with Crippen molar-refractivity contribution >= 4 is 23.2 Å². The van der Waals surface area contributed by atoms with E-state index >= 15 is 0 Å². The molecule has 3 nitrogen and oxygen atoms in total. The van der Waals surface area contributed by atoms with Crippen molar-refractivity contribution in [3.8, 4) is 0 Å². The van der Waals surface area contributed by atoms with Crippen LogP contribution in [0.15, 0.2) is 30.5 Å². The molecule has 0 saturated heterocycles. The lowest BCUT2D eigenvalue weighted by Gasteiger charge is -2.20. The highest BCUT2D eigenvalue weighted by molar-refractivity contribution is 6.36. The van der Waals surface area contributed by atoms with Gasteiger partial charge in [-0.25, -0.2) is 9.97 Å². The molecular weight excluding hydrogens is 305 g/mol. The molecule has 2 rings (SSSR count). The first-order chi connectivity index (χ1) is 9.85. The quantitative estimate of drug-likeness (QED) is 0.913. The molecule has 0 aliphatic rings. The lowest BCUT2D eigenvalue weighted by Crippen LogP contribution is -2.35. The Morgan fingerprint density at radius 3 is 2.38 bits per heavy atom. The lowest BCUT2D eigenvalue weighted by molar-refractivity contribution is 0.420. The molecule has 21 heavy (non-hydrogen) atoms. The first kappa shape index (κ1) is 16.2. The molecule has 0 bridgehead atoms. The zero-order chi connectivity index (χ0) is 15.5. The maximum Gasteiger partial charge on any atom is 0.133 e. The Morgan fingerprint density at radius 1 is 1.10 bits per heavy atom. The Balaban J connectivity index is 2.14. The smallest absolute Gasteiger partial charge is 0.133 e. The highest BCUT2D eigenvalue weighted by atomic mass is 35.5. The van der Waals surface area contributed by atoms with E-state index in [1.807, 2.05) is 24.3 Å². The van der Waals surface area contributed by atoms with Crippen molar-refractivity contribution in [2.24, 2.45) is 0 Å². The first-order valence-electron chi connectivity index (χ1n) is 6.84. The number of aromatic nitrogens is 2. The van der Waals surface area contributed by atoms with Crippen LogP contribution < -0.4 is 5.32 Å². The molecule has 0 aliphatic carbocycles. The van der Waals surface area contributed by atoms with Gasteiger partial charge in [0.15, 0.2) is 0 Å². The third-order valence-electron chi connectivity index (χ3n) is 2.96. The highest BCUT2D eigenvalue weighted by Crippen LogP contribution is 2.25. The van der Waals surface area contributed by atoms with Crippen molar-refractivity contribution < 1.29 is 0 Å². The number of nitrogens with zero attached hydrogens (tertiary/aromatic N) is 2. The summed E-state index contributed by atoms with van der Waals surface area (Å²) >= 11 is 12.4. The molecule has 0 radical (unpaired) electrons. The van der Waals surface area contributed by atoms with Gasteiger partial charge in [0.2, 0.25) is 0 Å². The molecule has 2 aromatic rings. The summed E-state index contributed by atoms with van der Waals surface area (Å²) in [5.41, 5.74) is 1.87. The van der Waals surface area contributed by atoms with Gasteiger partial charge in [-0.1, -0.05) is 29.3 Å². The van der Waals surface area contributed by atoms with Gasteiger partial charge in [0.1, 0.15) is 5.82 Å². The van der Waals surface area contributed by atoms with E-state index in [-0.39, 0.29) is 5.54 Å². The maximum atomic E-state index is 6.19. The van der Waals surface area contributed by atoms with Gasteiger partial charge in [-0.2, -0.15) is 0 Å². The third kappa shape index (κ3) is 4.95. The normalized spacial score (nSPS) is 11.7. The topological polar surface area (TPSA) is 37.8 Å². The molecule has 0 atom stereocenters. The van der Waals surface area contributed by atoms with Crippen LogP contribution in [0.25, 0.3) is 0 Å². The van der Waals surface area contributed by atoms with Crippen LogP contribution in [0.1, 0.15) is 37.9 Å². The van der Waals surface area contributed by atoms with Gasteiger partial charge in [0, 0.05) is 34.7 Å². The van der Waals surface area contributed by atoms with Gasteiger partial charge in [0.25, 0.3) is 0 Å². The van der Waals surface area contributed by atoms with Crippen LogP contribution in [-0.2, 0) is 13.0 Å². The number of nitrogens with one attached hydrogen (secondary N) is 1. The fourth-order valence-electron chi connectivity index (χ4n) is 1.84. The van der Waals surface area contributed by atoms with E-state index in [0.29, 0.717) is 23.0 Å². The van der Waals surface area contributed by atoms with E-state index in [9.17, 15) is 0 Å². The van der Waals surface area contributed by atoms with Crippen LogP contribution in [0, 0.1) is 0 Å². The summed E-state index contributed by atoms with van der Waals surface area (Å²) in [5.74, 6) is 0.721. The fourth-order valence-corrected chi connectivity index (χ4v) is 2.37. The molecule has 0 aliphatic heterocycles. The Morgan fingerprint density at radius 2 is 1.76 bits per heavy atom. The molecule has 1 aromatic carbocycles. The second-order valence-corrected chi connectivity index (χ2v) is 6.76. The molecule has 1 N–H and O–H groups in total. The third-order valence-corrected chi connectivity index (χ3v) is 3.67. The molecular formula is C16H19Cl2N3. The van der Waals surface area contributed by atoms with Crippen LogP contribution in [0.4, 0.5) is 0 Å². The molecule has 1 heterocycles. The number of hydrogen-bond donors (Lipinski definition) is 1. The zero-order valence-electron chi connectivity index (χ0n) is 12.5. The number of rotatable bonds is 4. The van der Waals surface area contributed by atoms with Crippen LogP contribution in [0.3, 0.4) is 0 Å². The van der Waals surface area contributed by atoms with Gasteiger partial charge >= 0.3 is 0 Å². The van der Waals surface area contributed by atoms with Gasteiger partial charge in [-0.15, -0.1) is 0 Å². The minimum absolute atomic E-state index is 0.0527. The molecule has 1 aromatic heterocycles. The van der Waals surface area contributed by atoms with Gasteiger partial charge < -0.3 is 5.32 Å². The Kier molecular flexibility index (Phi) is 5.20. The SMILES string of the molecule is CC(C)(C)NCc1ccnc(Cc2c(Cl)cccc2Cl)n1. The molecule has 0 unspecified atom stereocenters. The summed E-state index contributed by atoms with van der Waals surface area (Å²) < 4.78 is 0. The maximum absolute atomic E-state index is 6.19. The first-order valence-corrected chi connectivity index (χ1v) is 7.59. The number of halogens is 2. The van der Waals surface area contributed by atoms with E-state index < -0.39 is 0 Å². The number of hydrogen-bond acceptors (Lipinski definition) is 3. The second-order valence-electron chi connectivity index (χ2n) is 5.94. The standard InChI is InChI=1S/C16H19Cl2N3/c1-16(2,3)20-10-11-7-8-19-15(21-11)9-12-13(17)5-4-6-14(12)18/h4-8,20H,9-10H2,1-3H3. The monoisotopic (exact) mass is 323 g/mol. The average Bonchev–Trinajstić information content (AvgIpc) is 2.41. The zero-order valence-corrected chi connectivity index (χ0v) is 14.0. The predicted octanol–water partition coefficient (Wildman–Crippen LogP) is 4.26. The fraction of sp³-hybridized carbons (Fsp3) is 0.375. The van der Waals surface area contributed by atoms with Crippen LogP contribution >= 0.6 is 23.2 Å². The van der Waals surface area contributed by atoms with Crippen molar-refractivity contribution in [3.63, 3.8) is 0 Å². The minimum atomic E-state index is 0.0527. The average molecular weight is 324 g/mol. The van der Waals surface area contributed by atoms with E-state index in [2.05, 4.69) is 36.1 Å². The van der Waals surface area contributed by atoms with E-state index in [0.717, 1.165) is 17.1 Å². The molecule has 5 heteroatoms. The molecule has 0 spiro atoms. The van der Waals surface area contributed by atoms with E-state index in [1.165, 1.54) is 0 Å². The highest BCUT2D eigenvalue weighted by Gasteiger charge is 2.11. The van der Waals surface area contributed by atoms with Gasteiger partial charge in [-0.3, -0.25) is 0 Å². The van der Waals surface area contributed by atoms with Gasteiger partial charge in [-0.05, 0) is 44.5 Å². The van der Waals surface area contributed by atoms with Crippen molar-refractivity contribution in [2.75, 3.05) is 0 Å². The summed E-state index contributed by atoms with van der Waals surface area (Å²) in [7, 11) is 0. The largest absolute Gasteiger partial charge is 0.306 e. The minimum Gasteiger partial charge on any atom is -0.306 e. The summed E-state index contributed by atoms with van der Waals surface area (Å²) in [5, 5.41) is 4.70. The summed E-state index contributed by atoms with van der Waals surface area (Å²) in [6.07, 6.45) is 2.30. The Bertz CT molecular complexity index is 601. The Hall–Kier alpha value is -1.16. The Labute approximate surface area is 135 Å². The second kappa shape index (κ2) is 6.73. The molecule has 112 valence electrons. The number of benzene rings is 1. The van der Waals surface area contributed by atoms with Crippen molar-refractivity contribution in [2.45, 2.75) is 39.3 Å². The van der Waals surface area contributed by atoms with Crippen LogP contribution in [0.5, 0.6) is 0 Å². The predicted molar refractivity (Wildman–Crippen MR) is 87.9 cm³/mol. The molecule has 0 saturated carbocycles. The van der Waals surface area contributed by atoms with Gasteiger partial charge in [0.05, 0.1) is 5.69 Å². The van der Waals surface area contributed by atoms with E-state index in [1.54, 1.807) is 6.20 Å². The van der Waals surface area contributed by atoms with Crippen LogP contribution in [0.2, 0.25) is 10.0 Å². The lowest BCUT2D eigenvalue weighted by atomic mass is 10.1. The summed E-state index contributed by atoms with van der Waals surface area (Å²) in [6.45, 7) is 7.07. The van der Waals surface area contributed by atoms with Crippen molar-refractivity contribution in [1.82, 2.24) is 15.3 Å². The molecule has 0 fully saturated rings. The van der Waals surface area contributed by atoms with E-state index in [4.69, 9.17) is 23.2 Å². The molecule has 0 amide bonds. The summed E-state index contributed by atoms with van der Waals surface area (Å²) in [4.78, 5) is 8.87. The van der Waals surface area contributed by atoms with Crippen molar-refractivity contribution in [1.29, 1.82) is 0 Å². The van der Waals surface area contributed by atoms with Crippen LogP contribution in [-0.4, -0.2) is 15.5 Å². The van der Waals surface area contributed by atoms with Crippen molar-refractivity contribution in [3.05, 3.63) is 57.6 Å².